The van der Waals surface area contributed by atoms with Gasteiger partial charge in [0.2, 0.25) is 5.88 Å². The van der Waals surface area contributed by atoms with Gasteiger partial charge in [-0.25, -0.2) is 9.78 Å². The van der Waals surface area contributed by atoms with Crippen molar-refractivity contribution in [2.75, 3.05) is 13.2 Å². The van der Waals surface area contributed by atoms with Gasteiger partial charge in [-0.05, 0) is 48.3 Å². The van der Waals surface area contributed by atoms with Gasteiger partial charge in [0.05, 0.1) is 19.3 Å². The van der Waals surface area contributed by atoms with Crippen molar-refractivity contribution in [2.24, 2.45) is 5.41 Å². The zero-order chi connectivity index (χ0) is 23.3. The van der Waals surface area contributed by atoms with Gasteiger partial charge >= 0.3 is 12.2 Å². The molecule has 178 valence electrons. The number of carbonyl (C=O) groups is 1. The number of benzene rings is 1. The van der Waals surface area contributed by atoms with Crippen LogP contribution in [0.1, 0.15) is 49.3 Å². The average Bonchev–Trinajstić information content (AvgIpc) is 2.73. The highest BCUT2D eigenvalue weighted by Gasteiger charge is 2.48. The van der Waals surface area contributed by atoms with Crippen molar-refractivity contribution >= 4 is 6.03 Å². The molecule has 4 rings (SSSR count). The monoisotopic (exact) mass is 463 g/mol. The molecule has 1 aromatic carbocycles. The summed E-state index contributed by atoms with van der Waals surface area (Å²) in [6.45, 7) is -0.954. The molecule has 2 saturated carbocycles. The van der Waals surface area contributed by atoms with E-state index in [9.17, 15) is 18.0 Å². The van der Waals surface area contributed by atoms with Crippen LogP contribution in [0.3, 0.4) is 0 Å². The number of nitrogens with one attached hydrogen (secondary N) is 2. The van der Waals surface area contributed by atoms with Crippen LogP contribution < -0.4 is 15.4 Å². The molecular weight excluding hydrogens is 435 g/mol. The van der Waals surface area contributed by atoms with Crippen LogP contribution in [-0.4, -0.2) is 36.4 Å². The summed E-state index contributed by atoms with van der Waals surface area (Å²) in [5.41, 5.74) is 1.96. The number of urea groups is 1. The Kier molecular flexibility index (Phi) is 7.07. The number of amides is 2. The zero-order valence-electron chi connectivity index (χ0n) is 18.2. The van der Waals surface area contributed by atoms with Gasteiger partial charge in [0, 0.05) is 18.3 Å². The molecule has 1 unspecified atom stereocenters. The number of pyridine rings is 1. The Morgan fingerprint density at radius 2 is 1.94 bits per heavy atom. The van der Waals surface area contributed by atoms with Crippen molar-refractivity contribution in [3.63, 3.8) is 0 Å². The van der Waals surface area contributed by atoms with Crippen molar-refractivity contribution in [1.82, 2.24) is 15.6 Å². The predicted octanol–water partition coefficient (Wildman–Crippen LogP) is 4.91. The fourth-order valence-corrected chi connectivity index (χ4v) is 4.52. The van der Waals surface area contributed by atoms with E-state index in [2.05, 4.69) is 15.6 Å². The minimum absolute atomic E-state index is 0.139. The third kappa shape index (κ3) is 6.60. The smallest absolute Gasteiger partial charge is 0.422 e. The highest BCUT2D eigenvalue weighted by Crippen LogP contribution is 2.55. The molecule has 33 heavy (non-hydrogen) atoms. The highest BCUT2D eigenvalue weighted by atomic mass is 19.4. The van der Waals surface area contributed by atoms with Gasteiger partial charge in [-0.2, -0.15) is 13.2 Å². The van der Waals surface area contributed by atoms with E-state index < -0.39 is 18.8 Å². The van der Waals surface area contributed by atoms with E-state index in [-0.39, 0.29) is 24.6 Å². The number of halogens is 3. The summed E-state index contributed by atoms with van der Waals surface area (Å²) in [5.74, 6) is -0.161. The molecule has 1 atom stereocenters. The van der Waals surface area contributed by atoms with Crippen LogP contribution in [0.2, 0.25) is 0 Å². The molecule has 0 radical (unpaired) electrons. The number of hydrogen-bond acceptors (Lipinski definition) is 4. The Balaban J connectivity index is 1.37. The van der Waals surface area contributed by atoms with Crippen molar-refractivity contribution in [3.8, 4) is 5.88 Å². The summed E-state index contributed by atoms with van der Waals surface area (Å²) in [7, 11) is 0. The highest BCUT2D eigenvalue weighted by molar-refractivity contribution is 5.75. The SMILES string of the molecule is O=C(NC1CC2(CCC2)C1)NC(COCc1ccccc1)c1ccnc(OCC(F)(F)F)c1. The summed E-state index contributed by atoms with van der Waals surface area (Å²) in [6.07, 6.45) is 2.63. The Morgan fingerprint density at radius 1 is 1.18 bits per heavy atom. The van der Waals surface area contributed by atoms with Crippen molar-refractivity contribution in [2.45, 2.75) is 57.0 Å². The Bertz CT molecular complexity index is 927. The fourth-order valence-electron chi connectivity index (χ4n) is 4.52. The third-order valence-corrected chi connectivity index (χ3v) is 6.35. The molecule has 2 aliphatic rings. The van der Waals surface area contributed by atoms with Gasteiger partial charge < -0.3 is 20.1 Å². The van der Waals surface area contributed by atoms with Gasteiger partial charge in [-0.15, -0.1) is 0 Å². The Morgan fingerprint density at radius 3 is 2.61 bits per heavy atom. The van der Waals surface area contributed by atoms with Crippen molar-refractivity contribution < 1.29 is 27.4 Å². The van der Waals surface area contributed by atoms with E-state index in [4.69, 9.17) is 9.47 Å². The second-order valence-corrected chi connectivity index (χ2v) is 8.96. The van der Waals surface area contributed by atoms with Crippen LogP contribution in [0.25, 0.3) is 0 Å². The predicted molar refractivity (Wildman–Crippen MR) is 116 cm³/mol. The molecule has 0 aliphatic heterocycles. The number of carbonyl (C=O) groups excluding carboxylic acids is 1. The summed E-state index contributed by atoms with van der Waals surface area (Å²) in [4.78, 5) is 16.5. The van der Waals surface area contributed by atoms with Gasteiger partial charge in [0.1, 0.15) is 0 Å². The minimum Gasteiger partial charge on any atom is -0.468 e. The molecular formula is C24H28F3N3O3. The lowest BCUT2D eigenvalue weighted by Crippen LogP contribution is -2.56. The van der Waals surface area contributed by atoms with E-state index in [0.717, 1.165) is 18.4 Å². The van der Waals surface area contributed by atoms with Gasteiger partial charge in [-0.1, -0.05) is 36.8 Å². The first-order chi connectivity index (χ1) is 15.8. The fraction of sp³-hybridized carbons (Fsp3) is 0.500. The van der Waals surface area contributed by atoms with E-state index in [1.165, 1.54) is 31.5 Å². The van der Waals surface area contributed by atoms with E-state index in [1.54, 1.807) is 6.07 Å². The molecule has 0 bridgehead atoms. The summed E-state index contributed by atoms with van der Waals surface area (Å²) < 4.78 is 48.1. The van der Waals surface area contributed by atoms with Crippen LogP contribution in [0.5, 0.6) is 5.88 Å². The van der Waals surface area contributed by atoms with E-state index in [0.29, 0.717) is 17.6 Å². The molecule has 2 N–H and O–H groups in total. The number of ether oxygens (including phenoxy) is 2. The molecule has 9 heteroatoms. The van der Waals surface area contributed by atoms with Crippen molar-refractivity contribution in [3.05, 3.63) is 59.8 Å². The summed E-state index contributed by atoms with van der Waals surface area (Å²) in [5, 5.41) is 5.91. The van der Waals surface area contributed by atoms with Crippen molar-refractivity contribution in [1.29, 1.82) is 0 Å². The molecule has 2 fully saturated rings. The molecule has 1 heterocycles. The number of hydrogen-bond donors (Lipinski definition) is 2. The van der Waals surface area contributed by atoms with Gasteiger partial charge in [-0.3, -0.25) is 0 Å². The third-order valence-electron chi connectivity index (χ3n) is 6.35. The molecule has 0 saturated heterocycles. The quantitative estimate of drug-likeness (QED) is 0.554. The number of rotatable bonds is 9. The lowest BCUT2D eigenvalue weighted by atomic mass is 9.54. The summed E-state index contributed by atoms with van der Waals surface area (Å²) >= 11 is 0. The van der Waals surface area contributed by atoms with E-state index >= 15 is 0 Å². The topological polar surface area (TPSA) is 72.5 Å². The molecule has 2 aliphatic carbocycles. The largest absolute Gasteiger partial charge is 0.468 e. The zero-order valence-corrected chi connectivity index (χ0v) is 18.2. The summed E-state index contributed by atoms with van der Waals surface area (Å²) in [6, 6.07) is 11.9. The number of aromatic nitrogens is 1. The van der Waals surface area contributed by atoms with Crippen LogP contribution in [0, 0.1) is 5.41 Å². The lowest BCUT2D eigenvalue weighted by Gasteiger charge is -2.54. The minimum atomic E-state index is -4.46. The maximum atomic E-state index is 12.6. The normalized spacial score (nSPS) is 18.2. The Labute approximate surface area is 190 Å². The molecule has 6 nitrogen and oxygen atoms in total. The van der Waals surface area contributed by atoms with Gasteiger partial charge in [0.25, 0.3) is 0 Å². The second kappa shape index (κ2) is 9.99. The maximum Gasteiger partial charge on any atom is 0.422 e. The average molecular weight is 464 g/mol. The maximum absolute atomic E-state index is 12.6. The number of nitrogens with zero attached hydrogens (tertiary/aromatic N) is 1. The van der Waals surface area contributed by atoms with Crippen LogP contribution >= 0.6 is 0 Å². The van der Waals surface area contributed by atoms with Gasteiger partial charge in [0.15, 0.2) is 6.61 Å². The first-order valence-electron chi connectivity index (χ1n) is 11.1. The standard InChI is InChI=1S/C24H28F3N3O3/c25-24(26,27)16-33-21-11-18(7-10-28-21)20(15-32-14-17-5-2-1-3-6-17)30-22(31)29-19-12-23(13-19)8-4-9-23/h1-3,5-7,10-11,19-20H,4,8-9,12-16H2,(H2,29,30,31). The molecule has 2 amide bonds. The molecule has 2 aromatic rings. The van der Waals surface area contributed by atoms with E-state index in [1.807, 2.05) is 30.3 Å². The Hall–Kier alpha value is -2.81. The first kappa shape index (κ1) is 23.4. The second-order valence-electron chi connectivity index (χ2n) is 8.96. The van der Waals surface area contributed by atoms with Crippen LogP contribution in [-0.2, 0) is 11.3 Å². The van der Waals surface area contributed by atoms with Crippen LogP contribution in [0.15, 0.2) is 48.7 Å². The lowest BCUT2D eigenvalue weighted by molar-refractivity contribution is -0.154. The first-order valence-corrected chi connectivity index (χ1v) is 11.1. The molecule has 1 aromatic heterocycles. The molecule has 1 spiro atoms. The van der Waals surface area contributed by atoms with Crippen LogP contribution in [0.4, 0.5) is 18.0 Å². The number of alkyl halides is 3.